The predicted octanol–water partition coefficient (Wildman–Crippen LogP) is 6.39. The fourth-order valence-electron chi connectivity index (χ4n) is 2.74. The highest BCUT2D eigenvalue weighted by Crippen LogP contribution is 2.32. The number of hydrogen-bond acceptors (Lipinski definition) is 2. The monoisotopic (exact) mass is 378 g/mol. The molecule has 4 heteroatoms. The number of halogens is 2. The number of allylic oxidation sites excluding steroid dienone is 3. The third-order valence-corrected chi connectivity index (χ3v) is 4.06. The van der Waals surface area contributed by atoms with Gasteiger partial charge in [-0.2, -0.15) is 5.26 Å². The van der Waals surface area contributed by atoms with E-state index in [4.69, 9.17) is 0 Å². The lowest BCUT2D eigenvalue weighted by atomic mass is 9.95. The Morgan fingerprint density at radius 2 is 1.75 bits per heavy atom. The molecular formula is C24H24F2N2. The molecule has 0 unspecified atom stereocenters. The van der Waals surface area contributed by atoms with Gasteiger partial charge in [-0.1, -0.05) is 55.1 Å². The van der Waals surface area contributed by atoms with E-state index < -0.39 is 5.92 Å². The van der Waals surface area contributed by atoms with E-state index in [0.717, 1.165) is 12.5 Å². The predicted molar refractivity (Wildman–Crippen MR) is 112 cm³/mol. The van der Waals surface area contributed by atoms with E-state index in [1.54, 1.807) is 12.1 Å². The van der Waals surface area contributed by atoms with Crippen LogP contribution in [0.5, 0.6) is 0 Å². The standard InChI is InChI=1S/C24H24F2N2/c1-5-22(23(16-27)28-17(2)3)20-13-19(14-21(15-20)24(4,25)26)12-11-18-9-7-6-8-10-18/h5-15,17,28H,1H2,2-4H3/b12-11+,23-22+. The van der Waals surface area contributed by atoms with E-state index in [0.29, 0.717) is 22.4 Å². The lowest BCUT2D eigenvalue weighted by molar-refractivity contribution is 0.0174. The molecule has 0 heterocycles. The first-order valence-electron chi connectivity index (χ1n) is 9.05. The summed E-state index contributed by atoms with van der Waals surface area (Å²) in [6, 6.07) is 16.4. The summed E-state index contributed by atoms with van der Waals surface area (Å²) in [6.45, 7) is 8.45. The summed E-state index contributed by atoms with van der Waals surface area (Å²) >= 11 is 0. The van der Waals surface area contributed by atoms with Crippen LogP contribution in [0.15, 0.2) is 66.9 Å². The van der Waals surface area contributed by atoms with E-state index >= 15 is 0 Å². The average Bonchev–Trinajstić information content (AvgIpc) is 2.66. The Bertz CT molecular complexity index is 927. The number of rotatable bonds is 7. The summed E-state index contributed by atoms with van der Waals surface area (Å²) in [5.41, 5.74) is 2.80. The summed E-state index contributed by atoms with van der Waals surface area (Å²) in [4.78, 5) is 0. The number of hydrogen-bond donors (Lipinski definition) is 1. The van der Waals surface area contributed by atoms with Gasteiger partial charge in [0.05, 0.1) is 0 Å². The van der Waals surface area contributed by atoms with E-state index in [1.165, 1.54) is 18.2 Å². The van der Waals surface area contributed by atoms with Crippen LogP contribution in [0.4, 0.5) is 8.78 Å². The molecule has 0 bridgehead atoms. The van der Waals surface area contributed by atoms with Crippen molar-refractivity contribution in [2.75, 3.05) is 0 Å². The number of nitrogens with zero attached hydrogens (tertiary/aromatic N) is 1. The van der Waals surface area contributed by atoms with Gasteiger partial charge in [-0.3, -0.25) is 0 Å². The molecule has 0 atom stereocenters. The van der Waals surface area contributed by atoms with Crippen molar-refractivity contribution in [3.05, 3.63) is 89.1 Å². The van der Waals surface area contributed by atoms with Crippen LogP contribution in [0.1, 0.15) is 43.0 Å². The molecule has 0 spiro atoms. The summed E-state index contributed by atoms with van der Waals surface area (Å²) < 4.78 is 28.2. The van der Waals surface area contributed by atoms with Crippen molar-refractivity contribution in [2.45, 2.75) is 32.7 Å². The van der Waals surface area contributed by atoms with Gasteiger partial charge in [-0.15, -0.1) is 0 Å². The highest BCUT2D eigenvalue weighted by Gasteiger charge is 2.25. The van der Waals surface area contributed by atoms with E-state index in [9.17, 15) is 14.0 Å². The molecule has 0 saturated carbocycles. The van der Waals surface area contributed by atoms with Crippen molar-refractivity contribution in [1.82, 2.24) is 5.32 Å². The van der Waals surface area contributed by atoms with Crippen LogP contribution in [0, 0.1) is 11.3 Å². The zero-order valence-electron chi connectivity index (χ0n) is 16.3. The first-order valence-corrected chi connectivity index (χ1v) is 9.05. The van der Waals surface area contributed by atoms with Crippen LogP contribution < -0.4 is 5.32 Å². The number of benzene rings is 2. The summed E-state index contributed by atoms with van der Waals surface area (Å²) in [5, 5.41) is 12.6. The van der Waals surface area contributed by atoms with Crippen LogP contribution in [0.2, 0.25) is 0 Å². The second-order valence-electron chi connectivity index (χ2n) is 6.88. The third kappa shape index (κ3) is 5.65. The van der Waals surface area contributed by atoms with Crippen molar-refractivity contribution < 1.29 is 8.78 Å². The summed E-state index contributed by atoms with van der Waals surface area (Å²) in [6.07, 6.45) is 5.17. The molecule has 2 nitrogen and oxygen atoms in total. The lowest BCUT2D eigenvalue weighted by Gasteiger charge is -2.16. The molecule has 0 amide bonds. The number of alkyl halides is 2. The Morgan fingerprint density at radius 3 is 2.29 bits per heavy atom. The zero-order valence-corrected chi connectivity index (χ0v) is 16.3. The Labute approximate surface area is 165 Å². The molecule has 0 saturated heterocycles. The van der Waals surface area contributed by atoms with Crippen molar-refractivity contribution in [2.24, 2.45) is 0 Å². The maximum atomic E-state index is 14.1. The van der Waals surface area contributed by atoms with Crippen LogP contribution in [-0.4, -0.2) is 6.04 Å². The molecule has 0 aromatic heterocycles. The molecule has 1 N–H and O–H groups in total. The van der Waals surface area contributed by atoms with Crippen LogP contribution in [-0.2, 0) is 5.92 Å². The third-order valence-electron chi connectivity index (χ3n) is 4.06. The Balaban J connectivity index is 2.60. The Hall–Kier alpha value is -3.19. The van der Waals surface area contributed by atoms with Gasteiger partial charge in [0.1, 0.15) is 11.8 Å². The molecule has 0 aliphatic carbocycles. The molecular weight excluding hydrogens is 354 g/mol. The minimum atomic E-state index is -3.00. The van der Waals surface area contributed by atoms with Gasteiger partial charge in [0.25, 0.3) is 5.92 Å². The topological polar surface area (TPSA) is 35.8 Å². The highest BCUT2D eigenvalue weighted by atomic mass is 19.3. The van der Waals surface area contributed by atoms with Crippen LogP contribution >= 0.6 is 0 Å². The number of nitrogens with one attached hydrogen (secondary N) is 1. The maximum absolute atomic E-state index is 14.1. The summed E-state index contributed by atoms with van der Waals surface area (Å²) in [5.74, 6) is -3.00. The fourth-order valence-corrected chi connectivity index (χ4v) is 2.74. The molecule has 28 heavy (non-hydrogen) atoms. The van der Waals surface area contributed by atoms with E-state index in [1.807, 2.05) is 50.3 Å². The van der Waals surface area contributed by atoms with Gasteiger partial charge < -0.3 is 5.32 Å². The zero-order chi connectivity index (χ0) is 20.7. The second kappa shape index (κ2) is 9.14. The highest BCUT2D eigenvalue weighted by molar-refractivity contribution is 5.81. The largest absolute Gasteiger partial charge is 0.374 e. The van der Waals surface area contributed by atoms with Gasteiger partial charge in [-0.05, 0) is 48.7 Å². The fraction of sp³-hybridized carbons (Fsp3) is 0.208. The summed E-state index contributed by atoms with van der Waals surface area (Å²) in [7, 11) is 0. The van der Waals surface area contributed by atoms with Crippen molar-refractivity contribution >= 4 is 17.7 Å². The van der Waals surface area contributed by atoms with Gasteiger partial charge in [0.2, 0.25) is 0 Å². The van der Waals surface area contributed by atoms with Gasteiger partial charge in [-0.25, -0.2) is 8.78 Å². The minimum absolute atomic E-state index is 0.0258. The number of nitriles is 1. The van der Waals surface area contributed by atoms with E-state index in [-0.39, 0.29) is 11.6 Å². The molecule has 0 fully saturated rings. The van der Waals surface area contributed by atoms with Gasteiger partial charge in [0, 0.05) is 24.1 Å². The molecule has 0 aliphatic heterocycles. The van der Waals surface area contributed by atoms with Gasteiger partial charge >= 0.3 is 0 Å². The minimum Gasteiger partial charge on any atom is -0.374 e. The lowest BCUT2D eigenvalue weighted by Crippen LogP contribution is -2.22. The van der Waals surface area contributed by atoms with Crippen molar-refractivity contribution in [3.63, 3.8) is 0 Å². The first kappa shape index (κ1) is 21.1. The Kier molecular flexibility index (Phi) is 6.89. The average molecular weight is 378 g/mol. The molecule has 0 radical (unpaired) electrons. The first-order chi connectivity index (χ1) is 13.2. The smallest absolute Gasteiger partial charge is 0.270 e. The normalized spacial score (nSPS) is 12.6. The van der Waals surface area contributed by atoms with Gasteiger partial charge in [0.15, 0.2) is 0 Å². The molecule has 2 aromatic rings. The van der Waals surface area contributed by atoms with Crippen molar-refractivity contribution in [1.29, 1.82) is 5.26 Å². The molecule has 2 aromatic carbocycles. The molecule has 2 rings (SSSR count). The SMILES string of the molecule is C=C/C(=C(/C#N)NC(C)C)c1cc(/C=C/c2ccccc2)cc(C(C)(F)F)c1. The van der Waals surface area contributed by atoms with Crippen LogP contribution in [0.25, 0.3) is 17.7 Å². The van der Waals surface area contributed by atoms with E-state index in [2.05, 4.69) is 18.0 Å². The Morgan fingerprint density at radius 1 is 1.11 bits per heavy atom. The maximum Gasteiger partial charge on any atom is 0.270 e. The van der Waals surface area contributed by atoms with Crippen molar-refractivity contribution in [3.8, 4) is 6.07 Å². The molecule has 0 aliphatic rings. The second-order valence-corrected chi connectivity index (χ2v) is 6.88. The van der Waals surface area contributed by atoms with Crippen LogP contribution in [0.3, 0.4) is 0 Å². The molecule has 144 valence electrons. The quantitative estimate of drug-likeness (QED) is 0.344.